The molecule has 0 saturated heterocycles. The first-order valence-corrected chi connectivity index (χ1v) is 4.81. The van der Waals surface area contributed by atoms with Gasteiger partial charge in [-0.1, -0.05) is 18.2 Å². The molecule has 14 heavy (non-hydrogen) atoms. The van der Waals surface area contributed by atoms with Crippen molar-refractivity contribution in [2.45, 2.75) is 19.9 Å². The lowest BCUT2D eigenvalue weighted by Gasteiger charge is -2.16. The molecule has 2 rings (SSSR count). The number of hydrogen-bond acceptors (Lipinski definition) is 3. The summed E-state index contributed by atoms with van der Waals surface area (Å²) in [5.74, 6) is 0.553. The highest BCUT2D eigenvalue weighted by Gasteiger charge is 2.20. The molecule has 3 nitrogen and oxygen atoms in total. The quantitative estimate of drug-likeness (QED) is 0.698. The third-order valence-corrected chi connectivity index (χ3v) is 2.66. The molecule has 0 saturated carbocycles. The van der Waals surface area contributed by atoms with E-state index in [4.69, 9.17) is 5.73 Å². The van der Waals surface area contributed by atoms with Crippen molar-refractivity contribution in [2.75, 3.05) is 6.54 Å². The van der Waals surface area contributed by atoms with E-state index >= 15 is 0 Å². The summed E-state index contributed by atoms with van der Waals surface area (Å²) in [5, 5.41) is 3.18. The van der Waals surface area contributed by atoms with Crippen LogP contribution in [-0.4, -0.2) is 12.5 Å². The Morgan fingerprint density at radius 2 is 2.00 bits per heavy atom. The van der Waals surface area contributed by atoms with Gasteiger partial charge in [0.1, 0.15) is 0 Å². The average Bonchev–Trinajstić information content (AvgIpc) is 2.51. The summed E-state index contributed by atoms with van der Waals surface area (Å²) in [5.41, 5.74) is 9.53. The van der Waals surface area contributed by atoms with Gasteiger partial charge in [0.05, 0.1) is 12.6 Å². The zero-order valence-electron chi connectivity index (χ0n) is 8.54. The maximum atomic E-state index is 5.60. The minimum atomic E-state index is 0.260. The zero-order chi connectivity index (χ0) is 10.1. The van der Waals surface area contributed by atoms with Gasteiger partial charge < -0.3 is 11.1 Å². The number of benzene rings is 1. The fraction of sp³-hybridized carbons (Fsp3) is 0.364. The molecule has 0 aromatic heterocycles. The van der Waals surface area contributed by atoms with Crippen LogP contribution in [0, 0.1) is 13.8 Å². The number of nitrogens with one attached hydrogen (secondary N) is 1. The molecule has 3 N–H and O–H groups in total. The first kappa shape index (κ1) is 9.06. The van der Waals surface area contributed by atoms with Gasteiger partial charge in [0.25, 0.3) is 0 Å². The van der Waals surface area contributed by atoms with Crippen LogP contribution in [0.2, 0.25) is 0 Å². The summed E-state index contributed by atoms with van der Waals surface area (Å²) >= 11 is 0. The zero-order valence-corrected chi connectivity index (χ0v) is 8.54. The maximum Gasteiger partial charge on any atom is 0.189 e. The Morgan fingerprint density at radius 1 is 1.36 bits per heavy atom. The Morgan fingerprint density at radius 3 is 2.50 bits per heavy atom. The van der Waals surface area contributed by atoms with Crippen molar-refractivity contribution in [3.63, 3.8) is 0 Å². The van der Waals surface area contributed by atoms with E-state index in [2.05, 4.69) is 42.4 Å². The van der Waals surface area contributed by atoms with E-state index in [0.29, 0.717) is 5.96 Å². The van der Waals surface area contributed by atoms with Crippen molar-refractivity contribution < 1.29 is 0 Å². The van der Waals surface area contributed by atoms with Crippen molar-refractivity contribution in [2.24, 2.45) is 10.7 Å². The maximum absolute atomic E-state index is 5.60. The van der Waals surface area contributed by atoms with Crippen LogP contribution >= 0.6 is 0 Å². The van der Waals surface area contributed by atoms with Crippen LogP contribution in [0.3, 0.4) is 0 Å². The lowest BCUT2D eigenvalue weighted by Crippen LogP contribution is -2.30. The van der Waals surface area contributed by atoms with Crippen LogP contribution in [0.25, 0.3) is 0 Å². The fourth-order valence-electron chi connectivity index (χ4n) is 2.00. The van der Waals surface area contributed by atoms with Crippen LogP contribution in [-0.2, 0) is 0 Å². The molecule has 0 radical (unpaired) electrons. The third-order valence-electron chi connectivity index (χ3n) is 2.66. The number of rotatable bonds is 1. The van der Waals surface area contributed by atoms with Crippen molar-refractivity contribution >= 4 is 5.96 Å². The molecule has 3 heteroatoms. The molecule has 1 aliphatic heterocycles. The molecule has 1 aliphatic rings. The van der Waals surface area contributed by atoms with Crippen LogP contribution < -0.4 is 11.1 Å². The van der Waals surface area contributed by atoms with E-state index in [1.54, 1.807) is 0 Å². The average molecular weight is 189 g/mol. The molecule has 74 valence electrons. The van der Waals surface area contributed by atoms with E-state index < -0.39 is 0 Å². The summed E-state index contributed by atoms with van der Waals surface area (Å²) in [6.07, 6.45) is 0. The predicted molar refractivity (Wildman–Crippen MR) is 58.3 cm³/mol. The second-order valence-electron chi connectivity index (χ2n) is 3.73. The molecule has 0 fully saturated rings. The van der Waals surface area contributed by atoms with Gasteiger partial charge in [-0.05, 0) is 30.5 Å². The van der Waals surface area contributed by atoms with Gasteiger partial charge in [-0.3, -0.25) is 4.99 Å². The molecule has 0 bridgehead atoms. The summed E-state index contributed by atoms with van der Waals surface area (Å²) in [6, 6.07) is 6.58. The number of aliphatic imine (C=N–C) groups is 1. The summed E-state index contributed by atoms with van der Waals surface area (Å²) in [7, 11) is 0. The molecular weight excluding hydrogens is 174 g/mol. The first-order valence-electron chi connectivity index (χ1n) is 4.81. The van der Waals surface area contributed by atoms with E-state index in [1.807, 2.05) is 0 Å². The SMILES string of the molecule is Cc1cccc(C)c1C1CN=C(N)N1. The fourth-order valence-corrected chi connectivity index (χ4v) is 2.00. The highest BCUT2D eigenvalue weighted by atomic mass is 15.2. The van der Waals surface area contributed by atoms with Gasteiger partial charge in [-0.15, -0.1) is 0 Å². The topological polar surface area (TPSA) is 50.4 Å². The summed E-state index contributed by atoms with van der Waals surface area (Å²) in [4.78, 5) is 4.16. The van der Waals surface area contributed by atoms with Crippen LogP contribution in [0.4, 0.5) is 0 Å². The van der Waals surface area contributed by atoms with Crippen LogP contribution in [0.5, 0.6) is 0 Å². The van der Waals surface area contributed by atoms with Gasteiger partial charge in [-0.25, -0.2) is 0 Å². The molecule has 1 atom stereocenters. The Kier molecular flexibility index (Phi) is 2.15. The summed E-state index contributed by atoms with van der Waals surface area (Å²) < 4.78 is 0. The smallest absolute Gasteiger partial charge is 0.189 e. The van der Waals surface area contributed by atoms with Gasteiger partial charge in [-0.2, -0.15) is 0 Å². The molecule has 1 heterocycles. The van der Waals surface area contributed by atoms with Crippen molar-refractivity contribution in [3.05, 3.63) is 34.9 Å². The number of hydrogen-bond donors (Lipinski definition) is 2. The molecular formula is C11H15N3. The number of aryl methyl sites for hydroxylation is 2. The molecule has 1 unspecified atom stereocenters. The monoisotopic (exact) mass is 189 g/mol. The number of guanidine groups is 1. The largest absolute Gasteiger partial charge is 0.370 e. The van der Waals surface area contributed by atoms with Gasteiger partial charge in [0.2, 0.25) is 0 Å². The predicted octanol–water partition coefficient (Wildman–Crippen LogP) is 1.26. The lowest BCUT2D eigenvalue weighted by molar-refractivity contribution is 0.697. The van der Waals surface area contributed by atoms with E-state index in [0.717, 1.165) is 6.54 Å². The first-order chi connectivity index (χ1) is 6.68. The molecule has 1 aromatic rings. The Labute approximate surface area is 84.0 Å². The standard InChI is InChI=1S/C11H15N3/c1-7-4-3-5-8(2)10(7)9-6-13-11(12)14-9/h3-5,9H,6H2,1-2H3,(H3,12,13,14). The normalized spacial score (nSPS) is 20.4. The minimum absolute atomic E-state index is 0.260. The third kappa shape index (κ3) is 1.45. The van der Waals surface area contributed by atoms with Crippen molar-refractivity contribution in [1.82, 2.24) is 5.32 Å². The van der Waals surface area contributed by atoms with E-state index in [9.17, 15) is 0 Å². The lowest BCUT2D eigenvalue weighted by atomic mass is 9.97. The van der Waals surface area contributed by atoms with E-state index in [-0.39, 0.29) is 6.04 Å². The second kappa shape index (κ2) is 3.33. The summed E-state index contributed by atoms with van der Waals surface area (Å²) in [6.45, 7) is 4.99. The van der Waals surface area contributed by atoms with Crippen molar-refractivity contribution in [1.29, 1.82) is 0 Å². The number of nitrogens with two attached hydrogens (primary N) is 1. The Hall–Kier alpha value is -1.51. The highest BCUT2D eigenvalue weighted by molar-refractivity contribution is 5.80. The van der Waals surface area contributed by atoms with Crippen LogP contribution in [0.15, 0.2) is 23.2 Å². The molecule has 0 amide bonds. The van der Waals surface area contributed by atoms with Crippen molar-refractivity contribution in [3.8, 4) is 0 Å². The van der Waals surface area contributed by atoms with Gasteiger partial charge in [0.15, 0.2) is 5.96 Å². The van der Waals surface area contributed by atoms with E-state index in [1.165, 1.54) is 16.7 Å². The highest BCUT2D eigenvalue weighted by Crippen LogP contribution is 2.23. The Bertz CT molecular complexity index is 362. The minimum Gasteiger partial charge on any atom is -0.370 e. The van der Waals surface area contributed by atoms with Gasteiger partial charge >= 0.3 is 0 Å². The molecule has 1 aromatic carbocycles. The second-order valence-corrected chi connectivity index (χ2v) is 3.73. The van der Waals surface area contributed by atoms with Crippen LogP contribution in [0.1, 0.15) is 22.7 Å². The van der Waals surface area contributed by atoms with Gasteiger partial charge in [0, 0.05) is 0 Å². The number of nitrogens with zero attached hydrogens (tertiary/aromatic N) is 1. The Balaban J connectivity index is 2.33. The molecule has 0 spiro atoms. The molecule has 0 aliphatic carbocycles.